The average Bonchev–Trinajstić information content (AvgIpc) is 3.75. The largest absolute Gasteiger partial charge is 0.393 e. The molecular formula is C58H102O2. The van der Waals surface area contributed by atoms with Crippen LogP contribution in [0.5, 0.6) is 0 Å². The van der Waals surface area contributed by atoms with Crippen LogP contribution >= 0.6 is 0 Å². The van der Waals surface area contributed by atoms with Gasteiger partial charge in [0, 0.05) is 0 Å². The van der Waals surface area contributed by atoms with Crippen molar-refractivity contribution < 1.29 is 10.2 Å². The molecule has 0 radical (unpaired) electrons. The van der Waals surface area contributed by atoms with E-state index in [2.05, 4.69) is 89.2 Å². The Labute approximate surface area is 373 Å². The summed E-state index contributed by atoms with van der Waals surface area (Å²) < 4.78 is 0. The summed E-state index contributed by atoms with van der Waals surface area (Å²) in [6, 6.07) is 0. The van der Waals surface area contributed by atoms with Crippen LogP contribution in [0.25, 0.3) is 0 Å². The lowest BCUT2D eigenvalue weighted by Crippen LogP contribution is -2.54. The van der Waals surface area contributed by atoms with E-state index in [1.54, 1.807) is 5.57 Å². The SMILES string of the molecule is CC[C@H](CC[C@@H](C)[C@H]1CCC2[C@@H]3CC=C4C[C@@H](O)CC[C@]4(C)C3CC[C@@]21C)C(C)C.CC[C@H](CC[C@@H](C)[C@H]1CCC2[C@@H]3CC[C@@H]4C[C@@H](O)CC[C@]4(C)C3CC[C@@]21C)C(C)C. The van der Waals surface area contributed by atoms with Gasteiger partial charge in [-0.25, -0.2) is 0 Å². The zero-order chi connectivity index (χ0) is 43.4. The lowest BCUT2D eigenvalue weighted by Gasteiger charge is -2.61. The number of hydrogen-bond donors (Lipinski definition) is 2. The maximum atomic E-state index is 10.3. The smallest absolute Gasteiger partial charge is 0.0577 e. The molecule has 0 spiro atoms. The molecule has 0 amide bonds. The summed E-state index contributed by atoms with van der Waals surface area (Å²) in [5.41, 5.74) is 3.72. The maximum Gasteiger partial charge on any atom is 0.0577 e. The standard InChI is InChI=1S/C29H52O.C29H50O/c2*1-7-21(19(2)3)9-8-20(4)25-12-13-26-24-11-10-22-18-23(30)14-16-28(22,5)27(24)15-17-29(25,26)6/h19-27,30H,7-18H2,1-6H3;10,19-21,23-27,30H,7-9,11-18H2,1-6H3/t20-,21-,22-,23+,24+,25-,26?,27?,28+,29-;20-,21-,23+,24+,25-,26?,27?,28+,29-/m11/s1. The van der Waals surface area contributed by atoms with Gasteiger partial charge in [-0.2, -0.15) is 0 Å². The highest BCUT2D eigenvalue weighted by atomic mass is 16.3. The Morgan fingerprint density at radius 1 is 0.533 bits per heavy atom. The van der Waals surface area contributed by atoms with Gasteiger partial charge in [0.1, 0.15) is 0 Å². The minimum Gasteiger partial charge on any atom is -0.393 e. The van der Waals surface area contributed by atoms with E-state index in [1.165, 1.54) is 122 Å². The molecule has 4 unspecified atom stereocenters. The van der Waals surface area contributed by atoms with Crippen molar-refractivity contribution >= 4 is 0 Å². The van der Waals surface area contributed by atoms with Gasteiger partial charge in [-0.05, 0) is 232 Å². The van der Waals surface area contributed by atoms with Gasteiger partial charge in [0.15, 0.2) is 0 Å². The molecular weight excluding hydrogens is 729 g/mol. The van der Waals surface area contributed by atoms with Crippen molar-refractivity contribution in [2.24, 2.45) is 110 Å². The summed E-state index contributed by atoms with van der Waals surface area (Å²) in [5, 5.41) is 20.5. The zero-order valence-corrected chi connectivity index (χ0v) is 42.1. The van der Waals surface area contributed by atoms with E-state index in [-0.39, 0.29) is 12.2 Å². The van der Waals surface area contributed by atoms with Gasteiger partial charge in [0.2, 0.25) is 0 Å². The van der Waals surface area contributed by atoms with Gasteiger partial charge in [-0.1, -0.05) is 120 Å². The minimum atomic E-state index is -0.0794. The van der Waals surface area contributed by atoms with Crippen LogP contribution in [0.3, 0.4) is 0 Å². The second-order valence-electron chi connectivity index (χ2n) is 26.1. The summed E-state index contributed by atoms with van der Waals surface area (Å²) in [4.78, 5) is 0. The molecule has 2 nitrogen and oxygen atoms in total. The van der Waals surface area contributed by atoms with Crippen LogP contribution in [-0.2, 0) is 0 Å². The maximum absolute atomic E-state index is 10.3. The molecule has 0 aromatic rings. The minimum absolute atomic E-state index is 0.0111. The van der Waals surface area contributed by atoms with Crippen molar-refractivity contribution in [2.75, 3.05) is 0 Å². The fourth-order valence-electron chi connectivity index (χ4n) is 19.2. The third kappa shape index (κ3) is 8.72. The van der Waals surface area contributed by atoms with Crippen LogP contribution in [0.4, 0.5) is 0 Å². The van der Waals surface area contributed by atoms with E-state index >= 15 is 0 Å². The molecule has 0 aromatic heterocycles. The lowest BCUT2D eigenvalue weighted by molar-refractivity contribution is -0.129. The van der Waals surface area contributed by atoms with Gasteiger partial charge in [-0.15, -0.1) is 0 Å². The van der Waals surface area contributed by atoms with Crippen molar-refractivity contribution in [3.63, 3.8) is 0 Å². The fourth-order valence-corrected chi connectivity index (χ4v) is 19.2. The summed E-state index contributed by atoms with van der Waals surface area (Å²) >= 11 is 0. The number of aliphatic hydroxyl groups is 2. The fraction of sp³-hybridized carbons (Fsp3) is 0.966. The van der Waals surface area contributed by atoms with Crippen LogP contribution in [0.2, 0.25) is 0 Å². The Morgan fingerprint density at radius 2 is 1.03 bits per heavy atom. The van der Waals surface area contributed by atoms with E-state index in [4.69, 9.17) is 0 Å². The average molecular weight is 831 g/mol. The molecule has 8 aliphatic rings. The van der Waals surface area contributed by atoms with E-state index in [1.807, 2.05) is 0 Å². The van der Waals surface area contributed by atoms with Gasteiger partial charge in [0.05, 0.1) is 12.2 Å². The highest BCUT2D eigenvalue weighted by molar-refractivity contribution is 5.25. The first-order chi connectivity index (χ1) is 28.4. The van der Waals surface area contributed by atoms with E-state index in [0.717, 1.165) is 114 Å². The second kappa shape index (κ2) is 18.9. The van der Waals surface area contributed by atoms with Crippen LogP contribution in [-0.4, -0.2) is 22.4 Å². The number of rotatable bonds is 12. The zero-order valence-electron chi connectivity index (χ0n) is 42.1. The molecule has 19 atom stereocenters. The van der Waals surface area contributed by atoms with Crippen molar-refractivity contribution in [2.45, 2.75) is 243 Å². The number of hydrogen-bond acceptors (Lipinski definition) is 2. The van der Waals surface area contributed by atoms with Crippen LogP contribution < -0.4 is 0 Å². The molecule has 2 heteroatoms. The highest BCUT2D eigenvalue weighted by Gasteiger charge is 2.61. The molecule has 60 heavy (non-hydrogen) atoms. The van der Waals surface area contributed by atoms with Gasteiger partial charge in [-0.3, -0.25) is 0 Å². The van der Waals surface area contributed by atoms with Crippen molar-refractivity contribution in [1.29, 1.82) is 0 Å². The van der Waals surface area contributed by atoms with Crippen molar-refractivity contribution in [3.8, 4) is 0 Å². The first-order valence-corrected chi connectivity index (χ1v) is 27.5. The van der Waals surface area contributed by atoms with Gasteiger partial charge in [0.25, 0.3) is 0 Å². The molecule has 7 fully saturated rings. The summed E-state index contributed by atoms with van der Waals surface area (Å²) in [7, 11) is 0. The number of fused-ring (bicyclic) bond motifs is 10. The third-order valence-corrected chi connectivity index (χ3v) is 23.2. The normalized spacial score (nSPS) is 46.7. The van der Waals surface area contributed by atoms with Gasteiger partial charge < -0.3 is 10.2 Å². The lowest BCUT2D eigenvalue weighted by atomic mass is 9.44. The van der Waals surface area contributed by atoms with Gasteiger partial charge >= 0.3 is 0 Å². The van der Waals surface area contributed by atoms with Crippen molar-refractivity contribution in [3.05, 3.63) is 11.6 Å². The topological polar surface area (TPSA) is 40.5 Å². The third-order valence-electron chi connectivity index (χ3n) is 23.2. The first-order valence-electron chi connectivity index (χ1n) is 27.5. The van der Waals surface area contributed by atoms with E-state index in [0.29, 0.717) is 21.7 Å². The Morgan fingerprint density at radius 3 is 1.58 bits per heavy atom. The van der Waals surface area contributed by atoms with E-state index < -0.39 is 0 Å². The van der Waals surface area contributed by atoms with Crippen molar-refractivity contribution in [1.82, 2.24) is 0 Å². The molecule has 7 saturated carbocycles. The molecule has 0 aromatic carbocycles. The Hall–Kier alpha value is -0.340. The first kappa shape index (κ1) is 47.6. The molecule has 2 N–H and O–H groups in total. The molecule has 0 heterocycles. The van der Waals surface area contributed by atoms with Crippen LogP contribution in [0, 0.1) is 110 Å². The molecule has 346 valence electrons. The Balaban J connectivity index is 0.000000181. The summed E-state index contributed by atoms with van der Waals surface area (Å²) in [6.07, 6.45) is 33.6. The Bertz CT molecular complexity index is 1430. The molecule has 0 aliphatic heterocycles. The molecule has 8 rings (SSSR count). The predicted molar refractivity (Wildman–Crippen MR) is 256 cm³/mol. The molecule has 0 saturated heterocycles. The molecule has 8 aliphatic carbocycles. The highest BCUT2D eigenvalue weighted by Crippen LogP contribution is 2.70. The molecule has 0 bridgehead atoms. The number of aliphatic hydroxyl groups excluding tert-OH is 2. The van der Waals surface area contributed by atoms with Crippen LogP contribution in [0.15, 0.2) is 11.6 Å². The van der Waals surface area contributed by atoms with Crippen LogP contribution in [0.1, 0.15) is 231 Å². The second-order valence-corrected chi connectivity index (χ2v) is 26.1. The summed E-state index contributed by atoms with van der Waals surface area (Å²) in [5.74, 6) is 13.7. The Kier molecular flexibility index (Phi) is 15.0. The quantitative estimate of drug-likeness (QED) is 0.192. The summed E-state index contributed by atoms with van der Waals surface area (Å²) in [6.45, 7) is 30.3. The van der Waals surface area contributed by atoms with E-state index in [9.17, 15) is 10.2 Å². The monoisotopic (exact) mass is 831 g/mol. The predicted octanol–water partition coefficient (Wildman–Crippen LogP) is 16.1. The number of allylic oxidation sites excluding steroid dienone is 1.